The number of aliphatic hydroxyl groups excluding tert-OH is 1. The van der Waals surface area contributed by atoms with Gasteiger partial charge in [0, 0.05) is 55.8 Å². The number of aromatic hydroxyl groups is 1. The van der Waals surface area contributed by atoms with E-state index in [-0.39, 0.29) is 42.4 Å². The highest BCUT2D eigenvalue weighted by molar-refractivity contribution is 7.13. The Hall–Kier alpha value is -5.64. The first-order valence-electron chi connectivity index (χ1n) is 19.8. The summed E-state index contributed by atoms with van der Waals surface area (Å²) in [6, 6.07) is 18.0. The smallest absolute Gasteiger partial charge is 0.254 e. The fourth-order valence-corrected chi connectivity index (χ4v) is 9.07. The molecule has 0 spiro atoms. The zero-order chi connectivity index (χ0) is 40.3. The van der Waals surface area contributed by atoms with Crippen LogP contribution >= 0.6 is 11.3 Å². The number of para-hydroxylation sites is 1. The van der Waals surface area contributed by atoms with Crippen LogP contribution in [0.25, 0.3) is 32.7 Å². The van der Waals surface area contributed by atoms with Crippen molar-refractivity contribution in [3.05, 3.63) is 95.0 Å². The molecular weight excluding hydrogens is 757 g/mol. The normalized spacial score (nSPS) is 19.2. The SMILES string of the molecule is Cc1ncsc1-c1ccc(CNC(=O)[C@@H]2C[C@@H](O)CN2C(=O)[C@@H](c2cc(OCCN3CCC[C@H](c4c[nH]c5nnc(-c6ccccc6O)cc45)C3)no2)C(C)C)cc1. The number of likely N-dealkylation sites (tertiary alicyclic amines) is 2. The number of aliphatic hydroxyl groups is 1. The van der Waals surface area contributed by atoms with E-state index in [1.54, 1.807) is 29.5 Å². The van der Waals surface area contributed by atoms with E-state index in [9.17, 15) is 19.8 Å². The maximum Gasteiger partial charge on any atom is 0.254 e. The molecule has 0 radical (unpaired) electrons. The zero-order valence-corrected chi connectivity index (χ0v) is 33.6. The van der Waals surface area contributed by atoms with Crippen LogP contribution in [0.15, 0.2) is 76.9 Å². The Morgan fingerprint density at radius 1 is 1.10 bits per heavy atom. The van der Waals surface area contributed by atoms with Crippen molar-refractivity contribution in [2.45, 2.75) is 70.6 Å². The monoisotopic (exact) mass is 804 g/mol. The number of nitrogens with one attached hydrogen (secondary N) is 2. The second kappa shape index (κ2) is 17.1. The van der Waals surface area contributed by atoms with Gasteiger partial charge in [0.15, 0.2) is 11.4 Å². The van der Waals surface area contributed by atoms with Crippen LogP contribution in [-0.2, 0) is 16.1 Å². The van der Waals surface area contributed by atoms with Crippen LogP contribution in [0.2, 0.25) is 0 Å². The molecule has 2 saturated heterocycles. The number of hydrogen-bond acceptors (Lipinski definition) is 12. The van der Waals surface area contributed by atoms with Crippen LogP contribution in [0.4, 0.5) is 0 Å². The summed E-state index contributed by atoms with van der Waals surface area (Å²) >= 11 is 1.59. The highest BCUT2D eigenvalue weighted by Gasteiger charge is 2.43. The summed E-state index contributed by atoms with van der Waals surface area (Å²) in [5, 5.41) is 37.9. The molecule has 2 aliphatic heterocycles. The minimum Gasteiger partial charge on any atom is -0.507 e. The number of rotatable bonds is 13. The molecule has 15 heteroatoms. The summed E-state index contributed by atoms with van der Waals surface area (Å²) in [5.74, 6) is -0.410. The lowest BCUT2D eigenvalue weighted by Gasteiger charge is -2.32. The number of aryl methyl sites for hydroxylation is 1. The minimum absolute atomic E-state index is 0.0566. The first kappa shape index (κ1) is 39.2. The van der Waals surface area contributed by atoms with Crippen molar-refractivity contribution in [1.82, 2.24) is 40.4 Å². The number of aromatic amines is 1. The second-order valence-corrected chi connectivity index (χ2v) is 16.5. The molecule has 4 N–H and O–H groups in total. The van der Waals surface area contributed by atoms with Crippen molar-refractivity contribution in [3.8, 4) is 33.3 Å². The molecule has 2 aliphatic rings. The Labute approximate surface area is 340 Å². The summed E-state index contributed by atoms with van der Waals surface area (Å²) in [7, 11) is 0. The third-order valence-electron chi connectivity index (χ3n) is 11.3. The van der Waals surface area contributed by atoms with E-state index in [2.05, 4.69) is 35.5 Å². The summed E-state index contributed by atoms with van der Waals surface area (Å²) in [5.41, 5.74) is 7.97. The van der Waals surface area contributed by atoms with Crippen molar-refractivity contribution >= 4 is 34.2 Å². The largest absolute Gasteiger partial charge is 0.507 e. The van der Waals surface area contributed by atoms with E-state index < -0.39 is 18.1 Å². The predicted octanol–water partition coefficient (Wildman–Crippen LogP) is 6.03. The number of H-pyrrole nitrogens is 1. The van der Waals surface area contributed by atoms with Gasteiger partial charge in [0.2, 0.25) is 11.8 Å². The number of carbonyl (C=O) groups excluding carboxylic acids is 2. The van der Waals surface area contributed by atoms with E-state index >= 15 is 0 Å². The Balaban J connectivity index is 0.862. The summed E-state index contributed by atoms with van der Waals surface area (Å²) in [6.07, 6.45) is 3.42. The number of nitrogens with zero attached hydrogens (tertiary/aromatic N) is 6. The highest BCUT2D eigenvalue weighted by atomic mass is 32.1. The number of phenols is 1. The average molecular weight is 805 g/mol. The average Bonchev–Trinajstić information content (AvgIpc) is 4.04. The molecular formula is C43H48N8O6S. The van der Waals surface area contributed by atoms with E-state index in [1.165, 1.54) is 10.5 Å². The number of benzene rings is 2. The standard InChI is InChI=1S/C43H48N8O6S/c1-25(2)39(43(55)51-23-30(52)17-35(51)42(54)45-20-27-10-12-28(13-11-27)40-26(3)46-24-58-40)37-19-38(49-57-37)56-16-15-50-14-6-7-29(22-50)33-21-44-41-32(33)18-34(47-48-41)31-8-4-5-9-36(31)53/h4-5,8-13,18-19,21,24-25,29-30,35,39,52-53H,6-7,14-17,20,22-23H2,1-3H3,(H,44,48)(H,45,54)/t29-,30+,35-,39+/m0/s1. The summed E-state index contributed by atoms with van der Waals surface area (Å²) in [4.78, 5) is 40.2. The molecule has 58 heavy (non-hydrogen) atoms. The summed E-state index contributed by atoms with van der Waals surface area (Å²) in [6.45, 7) is 9.01. The van der Waals surface area contributed by atoms with Crippen molar-refractivity contribution in [2.24, 2.45) is 5.92 Å². The van der Waals surface area contributed by atoms with Gasteiger partial charge in [0.25, 0.3) is 5.88 Å². The Morgan fingerprint density at radius 2 is 1.93 bits per heavy atom. The van der Waals surface area contributed by atoms with Crippen LogP contribution in [0.3, 0.4) is 0 Å². The minimum atomic E-state index is -0.816. The lowest BCUT2D eigenvalue weighted by Crippen LogP contribution is -2.48. The molecule has 14 nitrogen and oxygen atoms in total. The topological polar surface area (TPSA) is 183 Å². The molecule has 4 atom stereocenters. The van der Waals surface area contributed by atoms with Gasteiger partial charge >= 0.3 is 0 Å². The van der Waals surface area contributed by atoms with Gasteiger partial charge < -0.3 is 34.7 Å². The Kier molecular flexibility index (Phi) is 11.5. The van der Waals surface area contributed by atoms with Crippen LogP contribution in [0.1, 0.15) is 67.5 Å². The molecule has 8 rings (SSSR count). The van der Waals surface area contributed by atoms with Crippen molar-refractivity contribution in [3.63, 3.8) is 0 Å². The number of carbonyl (C=O) groups is 2. The van der Waals surface area contributed by atoms with Gasteiger partial charge in [0.05, 0.1) is 27.9 Å². The van der Waals surface area contributed by atoms with Gasteiger partial charge in [-0.3, -0.25) is 14.5 Å². The summed E-state index contributed by atoms with van der Waals surface area (Å²) < 4.78 is 11.8. The maximum absolute atomic E-state index is 14.1. The predicted molar refractivity (Wildman–Crippen MR) is 219 cm³/mol. The van der Waals surface area contributed by atoms with Crippen LogP contribution < -0.4 is 10.1 Å². The Bertz CT molecular complexity index is 2370. The molecule has 0 saturated carbocycles. The van der Waals surface area contributed by atoms with E-state index in [0.29, 0.717) is 42.6 Å². The fourth-order valence-electron chi connectivity index (χ4n) is 8.26. The van der Waals surface area contributed by atoms with E-state index in [4.69, 9.17) is 9.26 Å². The first-order valence-corrected chi connectivity index (χ1v) is 20.7. The number of ether oxygens (including phenoxy) is 1. The van der Waals surface area contributed by atoms with Crippen LogP contribution in [-0.4, -0.2) is 102 Å². The van der Waals surface area contributed by atoms with Gasteiger partial charge in [-0.25, -0.2) is 4.98 Å². The molecule has 302 valence electrons. The fraction of sp³-hybridized carbons (Fsp3) is 0.395. The number of fused-ring (bicyclic) bond motifs is 1. The second-order valence-electron chi connectivity index (χ2n) is 15.6. The molecule has 6 aromatic rings. The molecule has 2 aromatic carbocycles. The number of phenolic OH excluding ortho intramolecular Hbond substituents is 1. The number of β-amino-alcohol motifs (C(OH)–C–C–N with tert-alkyl or cyclic N) is 1. The van der Waals surface area contributed by atoms with E-state index in [0.717, 1.165) is 58.7 Å². The zero-order valence-electron chi connectivity index (χ0n) is 32.8. The quantitative estimate of drug-likeness (QED) is 0.107. The first-order chi connectivity index (χ1) is 28.1. The number of aromatic nitrogens is 5. The molecule has 4 aromatic heterocycles. The molecule has 0 aliphatic carbocycles. The molecule has 6 heterocycles. The lowest BCUT2D eigenvalue weighted by atomic mass is 9.90. The van der Waals surface area contributed by atoms with Crippen molar-refractivity contribution in [1.29, 1.82) is 0 Å². The number of thiazole rings is 1. The van der Waals surface area contributed by atoms with Crippen molar-refractivity contribution in [2.75, 3.05) is 32.8 Å². The molecule has 0 bridgehead atoms. The third kappa shape index (κ3) is 8.33. The Morgan fingerprint density at radius 3 is 2.71 bits per heavy atom. The van der Waals surface area contributed by atoms with Gasteiger partial charge in [-0.15, -0.1) is 21.5 Å². The number of amides is 2. The van der Waals surface area contributed by atoms with E-state index in [1.807, 2.05) is 74.9 Å². The maximum atomic E-state index is 14.1. The van der Waals surface area contributed by atoms with Crippen molar-refractivity contribution < 1.29 is 29.1 Å². The van der Waals surface area contributed by atoms with Gasteiger partial charge in [-0.2, -0.15) is 0 Å². The van der Waals surface area contributed by atoms with Gasteiger partial charge in [-0.1, -0.05) is 50.2 Å². The third-order valence-corrected chi connectivity index (χ3v) is 12.3. The molecule has 0 unspecified atom stereocenters. The molecule has 2 amide bonds. The number of piperidine rings is 1. The molecule has 2 fully saturated rings. The van der Waals surface area contributed by atoms with Crippen LogP contribution in [0.5, 0.6) is 11.6 Å². The highest BCUT2D eigenvalue weighted by Crippen LogP contribution is 2.36. The number of hydrogen-bond donors (Lipinski definition) is 4. The van der Waals surface area contributed by atoms with Gasteiger partial charge in [-0.05, 0) is 78.2 Å². The van der Waals surface area contributed by atoms with Crippen LogP contribution in [0, 0.1) is 12.8 Å². The van der Waals surface area contributed by atoms with Gasteiger partial charge in [0.1, 0.15) is 24.3 Å². The lowest BCUT2D eigenvalue weighted by molar-refractivity contribution is -0.141.